The summed E-state index contributed by atoms with van der Waals surface area (Å²) in [6, 6.07) is 10.3. The summed E-state index contributed by atoms with van der Waals surface area (Å²) in [5.41, 5.74) is 1.21. The van der Waals surface area contributed by atoms with Gasteiger partial charge in [-0.25, -0.2) is 0 Å². The third-order valence-corrected chi connectivity index (χ3v) is 4.43. The predicted molar refractivity (Wildman–Crippen MR) is 86.3 cm³/mol. The van der Waals surface area contributed by atoms with Crippen LogP contribution in [-0.4, -0.2) is 49.0 Å². The van der Waals surface area contributed by atoms with Gasteiger partial charge in [-0.2, -0.15) is 0 Å². The largest absolute Gasteiger partial charge is 0.376 e. The number of thiocarbonyl (C=S) groups is 1. The third-order valence-electron chi connectivity index (χ3n) is 4.03. The van der Waals surface area contributed by atoms with E-state index in [-0.39, 0.29) is 6.10 Å². The van der Waals surface area contributed by atoms with E-state index in [1.54, 1.807) is 0 Å². The van der Waals surface area contributed by atoms with E-state index in [0.717, 1.165) is 44.2 Å². The highest BCUT2D eigenvalue weighted by Crippen LogP contribution is 2.22. The van der Waals surface area contributed by atoms with Crippen molar-refractivity contribution < 1.29 is 9.47 Å². The monoisotopic (exact) mass is 306 g/mol. The van der Waals surface area contributed by atoms with E-state index < -0.39 is 0 Å². The summed E-state index contributed by atoms with van der Waals surface area (Å²) in [5, 5.41) is 4.16. The summed E-state index contributed by atoms with van der Waals surface area (Å²) >= 11 is 5.52. The Bertz CT molecular complexity index is 463. The van der Waals surface area contributed by atoms with E-state index >= 15 is 0 Å². The Balaban J connectivity index is 1.51. The maximum absolute atomic E-state index is 5.87. The lowest BCUT2D eigenvalue weighted by molar-refractivity contribution is -0.00732. The average Bonchev–Trinajstić information content (AvgIpc) is 3.07. The van der Waals surface area contributed by atoms with Crippen LogP contribution in [-0.2, 0) is 9.47 Å². The molecule has 0 amide bonds. The molecule has 2 heterocycles. The van der Waals surface area contributed by atoms with E-state index in [1.165, 1.54) is 5.56 Å². The fraction of sp³-hybridized carbons (Fsp3) is 0.562. The summed E-state index contributed by atoms with van der Waals surface area (Å²) < 4.78 is 11.5. The minimum absolute atomic E-state index is 0.0995. The Morgan fingerprint density at radius 3 is 2.86 bits per heavy atom. The van der Waals surface area contributed by atoms with Crippen molar-refractivity contribution in [3.05, 3.63) is 35.9 Å². The molecular formula is C16H22N2O2S. The van der Waals surface area contributed by atoms with E-state index in [9.17, 15) is 0 Å². The first kappa shape index (κ1) is 14.8. The van der Waals surface area contributed by atoms with Crippen LogP contribution in [0, 0.1) is 0 Å². The van der Waals surface area contributed by atoms with Crippen LogP contribution in [0.1, 0.15) is 24.5 Å². The van der Waals surface area contributed by atoms with E-state index in [0.29, 0.717) is 12.7 Å². The minimum Gasteiger partial charge on any atom is -0.376 e. The number of hydrogen-bond donors (Lipinski definition) is 1. The van der Waals surface area contributed by atoms with Gasteiger partial charge in [0.15, 0.2) is 5.11 Å². The molecule has 5 heteroatoms. The Labute approximate surface area is 131 Å². The Morgan fingerprint density at radius 1 is 1.24 bits per heavy atom. The van der Waals surface area contributed by atoms with Crippen LogP contribution < -0.4 is 5.32 Å². The number of rotatable bonds is 3. The molecule has 0 unspecified atom stereocenters. The summed E-state index contributed by atoms with van der Waals surface area (Å²) in [5.74, 6) is 0. The highest BCUT2D eigenvalue weighted by Gasteiger charge is 2.24. The van der Waals surface area contributed by atoms with Crippen molar-refractivity contribution in [1.82, 2.24) is 10.2 Å². The van der Waals surface area contributed by atoms with Gasteiger partial charge in [-0.05, 0) is 30.6 Å². The second kappa shape index (κ2) is 7.20. The second-order valence-electron chi connectivity index (χ2n) is 5.54. The van der Waals surface area contributed by atoms with E-state index in [2.05, 4.69) is 22.3 Å². The molecule has 21 heavy (non-hydrogen) atoms. The first-order valence-electron chi connectivity index (χ1n) is 7.64. The van der Waals surface area contributed by atoms with Crippen LogP contribution in [0.15, 0.2) is 30.3 Å². The lowest BCUT2D eigenvalue weighted by Crippen LogP contribution is -2.48. The summed E-state index contributed by atoms with van der Waals surface area (Å²) in [6.07, 6.45) is 2.70. The predicted octanol–water partition coefficient (Wildman–Crippen LogP) is 2.11. The summed E-state index contributed by atoms with van der Waals surface area (Å²) in [6.45, 7) is 4.06. The quantitative estimate of drug-likeness (QED) is 0.865. The van der Waals surface area contributed by atoms with Gasteiger partial charge in [0.05, 0.1) is 19.3 Å². The highest BCUT2D eigenvalue weighted by atomic mass is 32.1. The lowest BCUT2D eigenvalue weighted by Gasteiger charge is -2.35. The van der Waals surface area contributed by atoms with Gasteiger partial charge in [0.1, 0.15) is 6.10 Å². The lowest BCUT2D eigenvalue weighted by atomic mass is 10.1. The van der Waals surface area contributed by atoms with Crippen LogP contribution in [0.25, 0.3) is 0 Å². The van der Waals surface area contributed by atoms with Crippen LogP contribution in [0.2, 0.25) is 0 Å². The molecule has 0 saturated carbocycles. The highest BCUT2D eigenvalue weighted by molar-refractivity contribution is 7.80. The first-order valence-corrected chi connectivity index (χ1v) is 8.04. The molecule has 2 saturated heterocycles. The molecule has 2 aliphatic heterocycles. The fourth-order valence-corrected chi connectivity index (χ4v) is 3.07. The summed E-state index contributed by atoms with van der Waals surface area (Å²) in [7, 11) is 0. The number of benzene rings is 1. The molecule has 0 spiro atoms. The Kier molecular flexibility index (Phi) is 5.06. The van der Waals surface area contributed by atoms with Gasteiger partial charge in [0, 0.05) is 19.7 Å². The number of hydrogen-bond acceptors (Lipinski definition) is 3. The number of ether oxygens (including phenoxy) is 2. The minimum atomic E-state index is 0.0995. The zero-order valence-corrected chi connectivity index (χ0v) is 13.0. The molecule has 0 aromatic heterocycles. The van der Waals surface area contributed by atoms with Crippen LogP contribution in [0.5, 0.6) is 0 Å². The van der Waals surface area contributed by atoms with Crippen molar-refractivity contribution in [2.24, 2.45) is 0 Å². The van der Waals surface area contributed by atoms with Gasteiger partial charge in [-0.1, -0.05) is 30.3 Å². The molecular weight excluding hydrogens is 284 g/mol. The Hall–Kier alpha value is -1.17. The average molecular weight is 306 g/mol. The molecule has 114 valence electrons. The molecule has 3 rings (SSSR count). The van der Waals surface area contributed by atoms with Crippen molar-refractivity contribution in [3.8, 4) is 0 Å². The normalized spacial score (nSPS) is 25.8. The van der Waals surface area contributed by atoms with Gasteiger partial charge in [-0.15, -0.1) is 0 Å². The molecule has 0 bridgehead atoms. The maximum atomic E-state index is 5.87. The van der Waals surface area contributed by atoms with Gasteiger partial charge in [-0.3, -0.25) is 0 Å². The van der Waals surface area contributed by atoms with E-state index in [4.69, 9.17) is 21.7 Å². The Morgan fingerprint density at radius 2 is 2.10 bits per heavy atom. The topological polar surface area (TPSA) is 33.7 Å². The van der Waals surface area contributed by atoms with Crippen molar-refractivity contribution in [2.75, 3.05) is 32.8 Å². The third kappa shape index (κ3) is 3.93. The van der Waals surface area contributed by atoms with Gasteiger partial charge in [0.2, 0.25) is 0 Å². The van der Waals surface area contributed by atoms with Crippen molar-refractivity contribution in [2.45, 2.75) is 25.0 Å². The van der Waals surface area contributed by atoms with Crippen LogP contribution in [0.3, 0.4) is 0 Å². The second-order valence-corrected chi connectivity index (χ2v) is 5.92. The molecule has 1 aromatic carbocycles. The maximum Gasteiger partial charge on any atom is 0.169 e. The SMILES string of the molecule is S=C(NC[C@@H]1CCCO1)N1CCO[C@@H](c2ccccc2)C1. The molecule has 4 nitrogen and oxygen atoms in total. The van der Waals surface area contributed by atoms with Gasteiger partial charge in [0.25, 0.3) is 0 Å². The zero-order chi connectivity index (χ0) is 14.5. The molecule has 1 aromatic rings. The van der Waals surface area contributed by atoms with Gasteiger partial charge >= 0.3 is 0 Å². The van der Waals surface area contributed by atoms with Crippen molar-refractivity contribution >= 4 is 17.3 Å². The molecule has 0 aliphatic carbocycles. The zero-order valence-electron chi connectivity index (χ0n) is 12.2. The smallest absolute Gasteiger partial charge is 0.169 e. The van der Waals surface area contributed by atoms with Crippen LogP contribution >= 0.6 is 12.2 Å². The molecule has 1 N–H and O–H groups in total. The number of nitrogens with one attached hydrogen (secondary N) is 1. The molecule has 2 atom stereocenters. The van der Waals surface area contributed by atoms with E-state index in [1.807, 2.05) is 18.2 Å². The molecule has 2 aliphatic rings. The summed E-state index contributed by atoms with van der Waals surface area (Å²) in [4.78, 5) is 2.20. The number of morpholine rings is 1. The van der Waals surface area contributed by atoms with Crippen molar-refractivity contribution in [3.63, 3.8) is 0 Å². The molecule has 2 fully saturated rings. The molecule has 0 radical (unpaired) electrons. The van der Waals surface area contributed by atoms with Gasteiger partial charge < -0.3 is 19.7 Å². The standard InChI is InChI=1S/C16H22N2O2S/c21-16(17-11-14-7-4-9-19-14)18-8-10-20-15(12-18)13-5-2-1-3-6-13/h1-3,5-6,14-15H,4,7-12H2,(H,17,21)/t14-,15+/m0/s1. The first-order chi connectivity index (χ1) is 10.3. The van der Waals surface area contributed by atoms with Crippen LogP contribution in [0.4, 0.5) is 0 Å². The fourth-order valence-electron chi connectivity index (χ4n) is 2.82. The number of nitrogens with zero attached hydrogens (tertiary/aromatic N) is 1. The van der Waals surface area contributed by atoms with Crippen molar-refractivity contribution in [1.29, 1.82) is 0 Å².